The zero-order valence-electron chi connectivity index (χ0n) is 16.3. The molecule has 3 rings (SSSR count). The number of nitrogens with one attached hydrogen (secondary N) is 3. The van der Waals surface area contributed by atoms with Gasteiger partial charge < -0.3 is 20.5 Å². The van der Waals surface area contributed by atoms with Crippen LogP contribution in [0.2, 0.25) is 0 Å². The van der Waals surface area contributed by atoms with E-state index in [0.29, 0.717) is 23.4 Å². The van der Waals surface area contributed by atoms with Crippen molar-refractivity contribution < 1.29 is 61.7 Å². The van der Waals surface area contributed by atoms with Crippen molar-refractivity contribution in [3.8, 4) is 0 Å². The number of imide groups is 1. The molecule has 0 spiro atoms. The molecule has 3 N–H and O–H groups in total. The standard InChI is InChI=1S/C16H19N5O7S.Na/c1-9-3-2-4-10(13(9)19-16(25)20-6-5-17-15(20)24)7-12(22)18-11-8-21(14(11)23)29(26,27)28;/h2-4,11H,5-8H2,1H3,(H,17,24)(H,18,22)(H,19,25)(H,26,27,28);/q;+1/p-1. The van der Waals surface area contributed by atoms with E-state index in [-0.39, 0.29) is 46.8 Å². The number of β-lactam (4-membered cyclic amide) rings is 1. The van der Waals surface area contributed by atoms with Crippen molar-refractivity contribution in [3.63, 3.8) is 0 Å². The molecule has 1 atom stereocenters. The van der Waals surface area contributed by atoms with E-state index in [0.717, 1.165) is 4.90 Å². The molecule has 156 valence electrons. The van der Waals surface area contributed by atoms with Gasteiger partial charge in [-0.15, -0.1) is 0 Å². The number of benzene rings is 1. The number of amides is 6. The van der Waals surface area contributed by atoms with Crippen molar-refractivity contribution in [2.24, 2.45) is 0 Å². The molecular formula is C16H18N5NaO7S. The van der Waals surface area contributed by atoms with Crippen molar-refractivity contribution in [1.82, 2.24) is 19.8 Å². The van der Waals surface area contributed by atoms with Gasteiger partial charge in [-0.3, -0.25) is 9.59 Å². The third-order valence-corrected chi connectivity index (χ3v) is 5.41. The fourth-order valence-corrected chi connectivity index (χ4v) is 3.70. The zero-order valence-corrected chi connectivity index (χ0v) is 19.1. The molecule has 2 aliphatic heterocycles. The van der Waals surface area contributed by atoms with Crippen LogP contribution in [0.3, 0.4) is 0 Å². The molecule has 12 nitrogen and oxygen atoms in total. The molecule has 2 fully saturated rings. The molecular weight excluding hydrogens is 429 g/mol. The fraction of sp³-hybridized carbons (Fsp3) is 0.375. The maximum absolute atomic E-state index is 12.3. The van der Waals surface area contributed by atoms with Gasteiger partial charge in [-0.2, -0.15) is 0 Å². The normalized spacial score (nSPS) is 18.3. The molecule has 2 saturated heterocycles. The number of para-hydroxylation sites is 1. The Balaban J connectivity index is 0.00000320. The van der Waals surface area contributed by atoms with Crippen LogP contribution in [-0.4, -0.2) is 71.7 Å². The minimum atomic E-state index is -4.88. The summed E-state index contributed by atoms with van der Waals surface area (Å²) in [6.07, 6.45) is -0.211. The molecule has 0 aromatic heterocycles. The van der Waals surface area contributed by atoms with Gasteiger partial charge in [-0.25, -0.2) is 27.2 Å². The summed E-state index contributed by atoms with van der Waals surface area (Å²) in [6.45, 7) is 1.86. The Morgan fingerprint density at radius 3 is 2.57 bits per heavy atom. The van der Waals surface area contributed by atoms with Crippen molar-refractivity contribution >= 4 is 39.9 Å². The molecule has 30 heavy (non-hydrogen) atoms. The second-order valence-electron chi connectivity index (χ2n) is 6.55. The van der Waals surface area contributed by atoms with Crippen LogP contribution in [0.5, 0.6) is 0 Å². The number of carbonyl (C=O) groups excluding carboxylic acids is 4. The van der Waals surface area contributed by atoms with Gasteiger partial charge in [-0.05, 0) is 18.1 Å². The number of carbonyl (C=O) groups is 4. The molecule has 2 heterocycles. The molecule has 1 unspecified atom stereocenters. The average molecular weight is 447 g/mol. The second-order valence-corrected chi connectivity index (χ2v) is 7.84. The third-order valence-electron chi connectivity index (χ3n) is 4.54. The van der Waals surface area contributed by atoms with E-state index in [9.17, 15) is 32.1 Å². The van der Waals surface area contributed by atoms with Crippen LogP contribution >= 0.6 is 0 Å². The van der Waals surface area contributed by atoms with Gasteiger partial charge in [0.15, 0.2) is 10.3 Å². The number of aryl methyl sites for hydroxylation is 1. The molecule has 6 amide bonds. The van der Waals surface area contributed by atoms with Gasteiger partial charge >= 0.3 is 41.6 Å². The summed E-state index contributed by atoms with van der Waals surface area (Å²) in [4.78, 5) is 48.9. The van der Waals surface area contributed by atoms with Crippen LogP contribution in [0.1, 0.15) is 11.1 Å². The monoisotopic (exact) mass is 447 g/mol. The summed E-state index contributed by atoms with van der Waals surface area (Å²) in [5.74, 6) is -1.59. The summed E-state index contributed by atoms with van der Waals surface area (Å²) in [5.41, 5.74) is 1.46. The van der Waals surface area contributed by atoms with Crippen LogP contribution in [-0.2, 0) is 26.3 Å². The number of anilines is 1. The minimum Gasteiger partial charge on any atom is -0.731 e. The molecule has 0 aliphatic carbocycles. The number of hydrogen-bond acceptors (Lipinski definition) is 7. The van der Waals surface area contributed by atoms with Gasteiger partial charge in [-0.1, -0.05) is 18.2 Å². The molecule has 0 radical (unpaired) electrons. The van der Waals surface area contributed by atoms with Crippen LogP contribution < -0.4 is 45.5 Å². The van der Waals surface area contributed by atoms with Crippen molar-refractivity contribution in [2.75, 3.05) is 25.0 Å². The van der Waals surface area contributed by atoms with E-state index in [1.54, 1.807) is 25.1 Å². The topological polar surface area (TPSA) is 168 Å². The maximum atomic E-state index is 12.3. The second kappa shape index (κ2) is 9.31. The smallest absolute Gasteiger partial charge is 0.731 e. The first-order valence-corrected chi connectivity index (χ1v) is 9.96. The quantitative estimate of drug-likeness (QED) is 0.234. The summed E-state index contributed by atoms with van der Waals surface area (Å²) < 4.78 is 32.6. The van der Waals surface area contributed by atoms with E-state index < -0.39 is 46.8 Å². The zero-order chi connectivity index (χ0) is 21.3. The Morgan fingerprint density at radius 1 is 1.30 bits per heavy atom. The van der Waals surface area contributed by atoms with Crippen LogP contribution in [0.4, 0.5) is 15.3 Å². The Morgan fingerprint density at radius 2 is 2.00 bits per heavy atom. The molecule has 0 saturated carbocycles. The number of rotatable bonds is 5. The van der Waals surface area contributed by atoms with Crippen molar-refractivity contribution in [1.29, 1.82) is 0 Å². The minimum absolute atomic E-state index is 0. The van der Waals surface area contributed by atoms with E-state index in [4.69, 9.17) is 0 Å². The van der Waals surface area contributed by atoms with E-state index >= 15 is 0 Å². The predicted molar refractivity (Wildman–Crippen MR) is 97.3 cm³/mol. The largest absolute Gasteiger partial charge is 1.00 e. The first-order valence-electron chi connectivity index (χ1n) is 8.59. The van der Waals surface area contributed by atoms with E-state index in [1.165, 1.54) is 0 Å². The van der Waals surface area contributed by atoms with Crippen molar-refractivity contribution in [3.05, 3.63) is 29.3 Å². The third kappa shape index (κ3) is 5.10. The van der Waals surface area contributed by atoms with Crippen molar-refractivity contribution in [2.45, 2.75) is 19.4 Å². The number of nitrogens with zero attached hydrogens (tertiary/aromatic N) is 2. The summed E-state index contributed by atoms with van der Waals surface area (Å²) >= 11 is 0. The first kappa shape index (κ1) is 24.1. The predicted octanol–water partition coefficient (Wildman–Crippen LogP) is -4.11. The molecule has 14 heteroatoms. The van der Waals surface area contributed by atoms with Crippen LogP contribution in [0, 0.1) is 6.92 Å². The van der Waals surface area contributed by atoms with E-state index in [1.807, 2.05) is 0 Å². The number of urea groups is 2. The molecule has 2 aliphatic rings. The fourth-order valence-electron chi connectivity index (χ4n) is 3.02. The summed E-state index contributed by atoms with van der Waals surface area (Å²) in [7, 11) is -4.88. The molecule has 0 bridgehead atoms. The van der Waals surface area contributed by atoms with Gasteiger partial charge in [0, 0.05) is 18.8 Å². The maximum Gasteiger partial charge on any atom is 1.00 e. The summed E-state index contributed by atoms with van der Waals surface area (Å²) in [5, 5.41) is 7.49. The Bertz CT molecular complexity index is 1000. The Hall–Kier alpha value is -2.19. The van der Waals surface area contributed by atoms with Gasteiger partial charge in [0.1, 0.15) is 6.04 Å². The SMILES string of the molecule is Cc1cccc(CC(=O)NC2CN(S(=O)(=O)[O-])C2=O)c1NC(=O)N1CCNC1=O.[Na+]. The average Bonchev–Trinajstić information content (AvgIpc) is 3.05. The Labute approximate surface area is 194 Å². The van der Waals surface area contributed by atoms with Crippen LogP contribution in [0.15, 0.2) is 18.2 Å². The first-order chi connectivity index (χ1) is 13.6. The van der Waals surface area contributed by atoms with Gasteiger partial charge in [0.2, 0.25) is 5.91 Å². The Kier molecular flexibility index (Phi) is 7.47. The van der Waals surface area contributed by atoms with E-state index in [2.05, 4.69) is 16.0 Å². The van der Waals surface area contributed by atoms with Gasteiger partial charge in [0.25, 0.3) is 5.91 Å². The molecule has 1 aromatic rings. The number of hydrogen-bond donors (Lipinski definition) is 3. The summed E-state index contributed by atoms with van der Waals surface area (Å²) in [6, 6.07) is 2.74. The van der Waals surface area contributed by atoms with Crippen LogP contribution in [0.25, 0.3) is 0 Å². The van der Waals surface area contributed by atoms with Gasteiger partial charge in [0.05, 0.1) is 13.0 Å². The molecule has 1 aromatic carbocycles.